The van der Waals surface area contributed by atoms with Crippen molar-refractivity contribution in [3.05, 3.63) is 59.2 Å². The Morgan fingerprint density at radius 1 is 1.15 bits per heavy atom. The van der Waals surface area contributed by atoms with E-state index in [2.05, 4.69) is 32.0 Å². The molecule has 0 atom stereocenters. The van der Waals surface area contributed by atoms with Crippen LogP contribution in [-0.2, 0) is 22.4 Å². The highest BCUT2D eigenvalue weighted by Crippen LogP contribution is 2.30. The highest BCUT2D eigenvalue weighted by Gasteiger charge is 2.23. The number of rotatable bonds is 6. The van der Waals surface area contributed by atoms with E-state index in [0.29, 0.717) is 18.2 Å². The van der Waals surface area contributed by atoms with Crippen LogP contribution >= 0.6 is 0 Å². The Hall–Kier alpha value is -2.82. The molecule has 27 heavy (non-hydrogen) atoms. The van der Waals surface area contributed by atoms with Crippen LogP contribution in [0, 0.1) is 0 Å². The van der Waals surface area contributed by atoms with E-state index >= 15 is 0 Å². The van der Waals surface area contributed by atoms with Crippen LogP contribution in [0.15, 0.2) is 42.5 Å². The van der Waals surface area contributed by atoms with Crippen molar-refractivity contribution in [3.63, 3.8) is 0 Å². The van der Waals surface area contributed by atoms with Crippen molar-refractivity contribution in [2.24, 2.45) is 5.73 Å². The third-order valence-corrected chi connectivity index (χ3v) is 4.85. The van der Waals surface area contributed by atoms with Gasteiger partial charge in [0, 0.05) is 12.2 Å². The molecular formula is C22H26N2O3. The number of nitrogens with zero attached hydrogens (tertiary/aromatic N) is 1. The number of ether oxygens (including phenoxy) is 1. The molecule has 0 saturated heterocycles. The van der Waals surface area contributed by atoms with Crippen LogP contribution in [-0.4, -0.2) is 25.0 Å². The van der Waals surface area contributed by atoms with Crippen LogP contribution in [0.1, 0.15) is 42.9 Å². The minimum Gasteiger partial charge on any atom is -0.484 e. The molecule has 5 heteroatoms. The topological polar surface area (TPSA) is 72.6 Å². The van der Waals surface area contributed by atoms with E-state index in [1.165, 1.54) is 11.1 Å². The third kappa shape index (κ3) is 4.67. The Morgan fingerprint density at radius 2 is 1.89 bits per heavy atom. The SMILES string of the molecule is CC(C)c1ccc2c(c1)CCCN2C(=O)COc1ccc(CC(N)=O)cc1. The first-order valence-electron chi connectivity index (χ1n) is 9.37. The molecule has 3 rings (SSSR count). The van der Waals surface area contributed by atoms with E-state index in [1.807, 2.05) is 4.90 Å². The zero-order valence-electron chi connectivity index (χ0n) is 15.9. The number of hydrogen-bond donors (Lipinski definition) is 1. The first kappa shape index (κ1) is 19.0. The van der Waals surface area contributed by atoms with Gasteiger partial charge in [-0.3, -0.25) is 9.59 Å². The molecule has 1 heterocycles. The van der Waals surface area contributed by atoms with Crippen molar-refractivity contribution in [1.82, 2.24) is 0 Å². The van der Waals surface area contributed by atoms with Crippen LogP contribution in [0.5, 0.6) is 5.75 Å². The molecular weight excluding hydrogens is 340 g/mol. The number of anilines is 1. The Bertz CT molecular complexity index is 828. The fourth-order valence-corrected chi connectivity index (χ4v) is 3.36. The normalized spacial score (nSPS) is 13.4. The lowest BCUT2D eigenvalue weighted by atomic mass is 9.95. The number of nitrogens with two attached hydrogens (primary N) is 1. The lowest BCUT2D eigenvalue weighted by Gasteiger charge is -2.30. The van der Waals surface area contributed by atoms with E-state index in [4.69, 9.17) is 10.5 Å². The molecule has 0 aromatic heterocycles. The lowest BCUT2D eigenvalue weighted by Crippen LogP contribution is -2.38. The summed E-state index contributed by atoms with van der Waals surface area (Å²) >= 11 is 0. The zero-order valence-corrected chi connectivity index (χ0v) is 15.9. The van der Waals surface area contributed by atoms with Gasteiger partial charge >= 0.3 is 0 Å². The third-order valence-electron chi connectivity index (χ3n) is 4.85. The van der Waals surface area contributed by atoms with Crippen LogP contribution in [0.3, 0.4) is 0 Å². The number of carbonyl (C=O) groups excluding carboxylic acids is 2. The van der Waals surface area contributed by atoms with Gasteiger partial charge in [-0.2, -0.15) is 0 Å². The summed E-state index contributed by atoms with van der Waals surface area (Å²) in [5.41, 5.74) is 9.54. The van der Waals surface area contributed by atoms with Gasteiger partial charge < -0.3 is 15.4 Å². The molecule has 0 saturated carbocycles. The molecule has 2 aromatic rings. The molecule has 0 spiro atoms. The minimum absolute atomic E-state index is 0.0134. The predicted molar refractivity (Wildman–Crippen MR) is 106 cm³/mol. The Balaban J connectivity index is 1.64. The molecule has 0 bridgehead atoms. The molecule has 0 unspecified atom stereocenters. The maximum absolute atomic E-state index is 12.7. The van der Waals surface area contributed by atoms with Crippen molar-refractivity contribution in [3.8, 4) is 5.75 Å². The quantitative estimate of drug-likeness (QED) is 0.853. The van der Waals surface area contributed by atoms with Crippen LogP contribution < -0.4 is 15.4 Å². The number of hydrogen-bond acceptors (Lipinski definition) is 3. The van der Waals surface area contributed by atoms with Gasteiger partial charge in [-0.15, -0.1) is 0 Å². The smallest absolute Gasteiger partial charge is 0.264 e. The summed E-state index contributed by atoms with van der Waals surface area (Å²) in [4.78, 5) is 25.5. The average molecular weight is 366 g/mol. The number of amides is 2. The van der Waals surface area contributed by atoms with Gasteiger partial charge in [0.15, 0.2) is 6.61 Å². The summed E-state index contributed by atoms with van der Waals surface area (Å²) < 4.78 is 5.65. The first-order valence-corrected chi connectivity index (χ1v) is 9.37. The first-order chi connectivity index (χ1) is 12.9. The van der Waals surface area contributed by atoms with Gasteiger partial charge in [0.05, 0.1) is 6.42 Å². The minimum atomic E-state index is -0.372. The number of benzene rings is 2. The number of fused-ring (bicyclic) bond motifs is 1. The van der Waals surface area contributed by atoms with Gasteiger partial charge in [0.25, 0.3) is 5.91 Å². The largest absolute Gasteiger partial charge is 0.484 e. The summed E-state index contributed by atoms with van der Waals surface area (Å²) in [6.45, 7) is 5.06. The highest BCUT2D eigenvalue weighted by molar-refractivity contribution is 5.95. The molecule has 1 aliphatic rings. The van der Waals surface area contributed by atoms with E-state index in [9.17, 15) is 9.59 Å². The van der Waals surface area contributed by atoms with Crippen molar-refractivity contribution >= 4 is 17.5 Å². The maximum Gasteiger partial charge on any atom is 0.264 e. The zero-order chi connectivity index (χ0) is 19.4. The van der Waals surface area contributed by atoms with Gasteiger partial charge in [-0.25, -0.2) is 0 Å². The Labute approximate surface area is 160 Å². The summed E-state index contributed by atoms with van der Waals surface area (Å²) in [6.07, 6.45) is 2.16. The molecule has 2 amide bonds. The fourth-order valence-electron chi connectivity index (χ4n) is 3.36. The Kier molecular flexibility index (Phi) is 5.79. The van der Waals surface area contributed by atoms with Gasteiger partial charge in [-0.05, 0) is 53.6 Å². The number of primary amides is 1. The average Bonchev–Trinajstić information content (AvgIpc) is 2.65. The molecule has 2 N–H and O–H groups in total. The van der Waals surface area contributed by atoms with Crippen molar-refractivity contribution in [2.45, 2.75) is 39.0 Å². The fraction of sp³-hybridized carbons (Fsp3) is 0.364. The van der Waals surface area contributed by atoms with Crippen LogP contribution in [0.4, 0.5) is 5.69 Å². The summed E-state index contributed by atoms with van der Waals surface area (Å²) in [5.74, 6) is 0.656. The summed E-state index contributed by atoms with van der Waals surface area (Å²) in [6, 6.07) is 13.5. The second-order valence-electron chi connectivity index (χ2n) is 7.27. The van der Waals surface area contributed by atoms with Crippen molar-refractivity contribution < 1.29 is 14.3 Å². The van der Waals surface area contributed by atoms with E-state index in [-0.39, 0.29) is 24.8 Å². The van der Waals surface area contributed by atoms with E-state index in [1.54, 1.807) is 24.3 Å². The van der Waals surface area contributed by atoms with Gasteiger partial charge in [-0.1, -0.05) is 38.1 Å². The summed E-state index contributed by atoms with van der Waals surface area (Å²) in [7, 11) is 0. The standard InChI is InChI=1S/C22H26N2O3/c1-15(2)17-7-10-20-18(13-17)4-3-11-24(20)22(26)14-27-19-8-5-16(6-9-19)12-21(23)25/h5-10,13,15H,3-4,11-12,14H2,1-2H3,(H2,23,25). The van der Waals surface area contributed by atoms with Crippen molar-refractivity contribution in [1.29, 1.82) is 0 Å². The molecule has 0 radical (unpaired) electrons. The molecule has 0 aliphatic carbocycles. The van der Waals surface area contributed by atoms with E-state index in [0.717, 1.165) is 24.1 Å². The highest BCUT2D eigenvalue weighted by atomic mass is 16.5. The second-order valence-corrected chi connectivity index (χ2v) is 7.27. The Morgan fingerprint density at radius 3 is 2.56 bits per heavy atom. The van der Waals surface area contributed by atoms with Crippen LogP contribution in [0.2, 0.25) is 0 Å². The second kappa shape index (κ2) is 8.25. The molecule has 5 nitrogen and oxygen atoms in total. The molecule has 1 aliphatic heterocycles. The molecule has 2 aromatic carbocycles. The summed E-state index contributed by atoms with van der Waals surface area (Å²) in [5, 5.41) is 0. The number of carbonyl (C=O) groups is 2. The molecule has 0 fully saturated rings. The lowest BCUT2D eigenvalue weighted by molar-refractivity contribution is -0.120. The van der Waals surface area contributed by atoms with Crippen molar-refractivity contribution in [2.75, 3.05) is 18.1 Å². The van der Waals surface area contributed by atoms with Gasteiger partial charge in [0.1, 0.15) is 5.75 Å². The van der Waals surface area contributed by atoms with Gasteiger partial charge in [0.2, 0.25) is 5.91 Å². The molecule has 142 valence electrons. The predicted octanol–water partition coefficient (Wildman–Crippen LogP) is 3.20. The maximum atomic E-state index is 12.7. The van der Waals surface area contributed by atoms with E-state index < -0.39 is 0 Å². The monoisotopic (exact) mass is 366 g/mol. The number of aryl methyl sites for hydroxylation is 1. The van der Waals surface area contributed by atoms with Crippen LogP contribution in [0.25, 0.3) is 0 Å².